The molecule has 3 N–H and O–H groups in total. The van der Waals surface area contributed by atoms with Crippen LogP contribution in [-0.4, -0.2) is 20.2 Å². The summed E-state index contributed by atoms with van der Waals surface area (Å²) in [6, 6.07) is 6.69. The molecule has 0 atom stereocenters. The summed E-state index contributed by atoms with van der Waals surface area (Å²) in [5.41, 5.74) is 7.06. The molecule has 2 heterocycles. The van der Waals surface area contributed by atoms with E-state index in [1.54, 1.807) is 24.3 Å². The van der Waals surface area contributed by atoms with Gasteiger partial charge >= 0.3 is 0 Å². The highest BCUT2D eigenvalue weighted by molar-refractivity contribution is 7.13. The number of nitrogens with two attached hydrogens (primary N) is 1. The van der Waals surface area contributed by atoms with Crippen molar-refractivity contribution in [2.45, 2.75) is 6.42 Å². The molecular weight excluding hydrogens is 264 g/mol. The summed E-state index contributed by atoms with van der Waals surface area (Å²) < 4.78 is 5.15. The van der Waals surface area contributed by atoms with Crippen LogP contribution in [0.25, 0.3) is 11.4 Å². The van der Waals surface area contributed by atoms with Crippen LogP contribution in [0.2, 0.25) is 0 Å². The van der Waals surface area contributed by atoms with E-state index in [0.717, 1.165) is 5.69 Å². The highest BCUT2D eigenvalue weighted by Gasteiger charge is 2.11. The summed E-state index contributed by atoms with van der Waals surface area (Å²) in [4.78, 5) is 8.39. The van der Waals surface area contributed by atoms with Gasteiger partial charge in [0.1, 0.15) is 5.75 Å². The van der Waals surface area contributed by atoms with E-state index in [1.807, 2.05) is 5.38 Å². The van der Waals surface area contributed by atoms with Crippen LogP contribution in [0.1, 0.15) is 11.6 Å². The summed E-state index contributed by atoms with van der Waals surface area (Å²) in [5, 5.41) is 15.7. The number of nitrogens with zero attached hydrogens (tertiary/aromatic N) is 3. The fraction of sp³-hybridized carbons (Fsp3) is 0.0833. The standard InChI is InChI=1S/C12H10N4O2S/c13-12-14-8(6-19-12)5-10-15-11(16-18-10)7-2-1-3-9(17)4-7/h1-4,6,17H,5H2,(H2,13,14). The van der Waals surface area contributed by atoms with Crippen molar-refractivity contribution in [3.05, 3.63) is 41.2 Å². The third kappa shape index (κ3) is 2.55. The van der Waals surface area contributed by atoms with Crippen molar-refractivity contribution in [2.24, 2.45) is 0 Å². The second-order valence-electron chi connectivity index (χ2n) is 3.92. The normalized spacial score (nSPS) is 10.7. The number of thiazole rings is 1. The number of benzene rings is 1. The van der Waals surface area contributed by atoms with Gasteiger partial charge in [0.2, 0.25) is 11.7 Å². The molecule has 0 unspecified atom stereocenters. The fourth-order valence-corrected chi connectivity index (χ4v) is 2.21. The molecule has 0 saturated carbocycles. The molecule has 96 valence electrons. The first-order valence-corrected chi connectivity index (χ1v) is 6.40. The Balaban J connectivity index is 1.83. The van der Waals surface area contributed by atoms with Gasteiger partial charge in [-0.25, -0.2) is 4.98 Å². The topological polar surface area (TPSA) is 98.1 Å². The van der Waals surface area contributed by atoms with Gasteiger partial charge in [0.15, 0.2) is 5.13 Å². The van der Waals surface area contributed by atoms with Gasteiger partial charge in [-0.1, -0.05) is 17.3 Å². The molecule has 3 aromatic rings. The van der Waals surface area contributed by atoms with E-state index >= 15 is 0 Å². The fourth-order valence-electron chi connectivity index (χ4n) is 1.65. The van der Waals surface area contributed by atoms with Crippen LogP contribution >= 0.6 is 11.3 Å². The van der Waals surface area contributed by atoms with Crippen molar-refractivity contribution >= 4 is 16.5 Å². The number of phenolic OH excluding ortho intramolecular Hbond substituents is 1. The van der Waals surface area contributed by atoms with Crippen molar-refractivity contribution in [1.82, 2.24) is 15.1 Å². The number of hydrogen-bond donors (Lipinski definition) is 2. The minimum absolute atomic E-state index is 0.163. The number of nitrogen functional groups attached to an aromatic ring is 1. The Morgan fingerprint density at radius 1 is 1.32 bits per heavy atom. The zero-order valence-corrected chi connectivity index (χ0v) is 10.6. The van der Waals surface area contributed by atoms with Crippen LogP contribution in [0.5, 0.6) is 5.75 Å². The predicted octanol–water partition coefficient (Wildman–Crippen LogP) is 2.07. The average molecular weight is 274 g/mol. The predicted molar refractivity (Wildman–Crippen MR) is 70.7 cm³/mol. The smallest absolute Gasteiger partial charge is 0.233 e. The molecule has 19 heavy (non-hydrogen) atoms. The lowest BCUT2D eigenvalue weighted by Crippen LogP contribution is -1.90. The van der Waals surface area contributed by atoms with Gasteiger partial charge in [0, 0.05) is 10.9 Å². The SMILES string of the molecule is Nc1nc(Cc2nc(-c3cccc(O)c3)no2)cs1. The van der Waals surface area contributed by atoms with E-state index in [0.29, 0.717) is 28.8 Å². The first kappa shape index (κ1) is 11.7. The quantitative estimate of drug-likeness (QED) is 0.758. The van der Waals surface area contributed by atoms with Crippen LogP contribution in [0.4, 0.5) is 5.13 Å². The molecule has 0 aliphatic rings. The molecule has 0 radical (unpaired) electrons. The van der Waals surface area contributed by atoms with Gasteiger partial charge in [0.05, 0.1) is 12.1 Å². The Morgan fingerprint density at radius 2 is 2.21 bits per heavy atom. The van der Waals surface area contributed by atoms with Crippen molar-refractivity contribution < 1.29 is 9.63 Å². The van der Waals surface area contributed by atoms with Crippen LogP contribution in [0, 0.1) is 0 Å². The molecule has 0 amide bonds. The van der Waals surface area contributed by atoms with Crippen molar-refractivity contribution in [2.75, 3.05) is 5.73 Å². The molecule has 7 heteroatoms. The van der Waals surface area contributed by atoms with Crippen molar-refractivity contribution in [3.8, 4) is 17.1 Å². The van der Waals surface area contributed by atoms with Crippen LogP contribution < -0.4 is 5.73 Å². The maximum absolute atomic E-state index is 9.41. The summed E-state index contributed by atoms with van der Waals surface area (Å²) in [6.07, 6.45) is 0.444. The molecule has 0 saturated heterocycles. The van der Waals surface area contributed by atoms with E-state index < -0.39 is 0 Å². The third-order valence-corrected chi connectivity index (χ3v) is 3.20. The maximum Gasteiger partial charge on any atom is 0.233 e. The maximum atomic E-state index is 9.41. The minimum atomic E-state index is 0.163. The summed E-state index contributed by atoms with van der Waals surface area (Å²) in [6.45, 7) is 0. The van der Waals surface area contributed by atoms with E-state index in [2.05, 4.69) is 15.1 Å². The van der Waals surface area contributed by atoms with Gasteiger partial charge in [0.25, 0.3) is 0 Å². The Labute approximate surface area is 112 Å². The lowest BCUT2D eigenvalue weighted by Gasteiger charge is -1.94. The summed E-state index contributed by atoms with van der Waals surface area (Å²) in [7, 11) is 0. The molecule has 0 bridgehead atoms. The van der Waals surface area contributed by atoms with E-state index in [-0.39, 0.29) is 5.75 Å². The number of aromatic hydroxyl groups is 1. The van der Waals surface area contributed by atoms with Crippen molar-refractivity contribution in [1.29, 1.82) is 0 Å². The Morgan fingerprint density at radius 3 is 2.95 bits per heavy atom. The lowest BCUT2D eigenvalue weighted by molar-refractivity contribution is 0.385. The third-order valence-electron chi connectivity index (χ3n) is 2.47. The summed E-state index contributed by atoms with van der Waals surface area (Å²) >= 11 is 1.37. The van der Waals surface area contributed by atoms with Crippen LogP contribution in [0.15, 0.2) is 34.2 Å². The number of rotatable bonds is 3. The zero-order chi connectivity index (χ0) is 13.2. The first-order valence-electron chi connectivity index (χ1n) is 5.52. The second kappa shape index (κ2) is 4.69. The largest absolute Gasteiger partial charge is 0.508 e. The van der Waals surface area contributed by atoms with Gasteiger partial charge < -0.3 is 15.4 Å². The lowest BCUT2D eigenvalue weighted by atomic mass is 10.2. The Kier molecular flexibility index (Phi) is 2.88. The van der Waals surface area contributed by atoms with E-state index in [1.165, 1.54) is 11.3 Å². The molecule has 0 fully saturated rings. The first-order chi connectivity index (χ1) is 9.20. The zero-order valence-electron chi connectivity index (χ0n) is 9.78. The minimum Gasteiger partial charge on any atom is -0.508 e. The highest BCUT2D eigenvalue weighted by Crippen LogP contribution is 2.21. The molecule has 6 nitrogen and oxygen atoms in total. The Bertz CT molecular complexity index is 707. The number of hydrogen-bond acceptors (Lipinski definition) is 7. The van der Waals surface area contributed by atoms with Gasteiger partial charge in [-0.3, -0.25) is 0 Å². The Hall–Kier alpha value is -2.41. The average Bonchev–Trinajstić information content (AvgIpc) is 2.99. The molecule has 0 aliphatic carbocycles. The monoisotopic (exact) mass is 274 g/mol. The molecule has 0 spiro atoms. The van der Waals surface area contributed by atoms with Crippen LogP contribution in [0.3, 0.4) is 0 Å². The molecule has 1 aromatic carbocycles. The molecule has 2 aromatic heterocycles. The van der Waals surface area contributed by atoms with Gasteiger partial charge in [-0.05, 0) is 12.1 Å². The van der Waals surface area contributed by atoms with Crippen LogP contribution in [-0.2, 0) is 6.42 Å². The van der Waals surface area contributed by atoms with E-state index in [9.17, 15) is 5.11 Å². The molecule has 3 rings (SSSR count). The van der Waals surface area contributed by atoms with E-state index in [4.69, 9.17) is 10.3 Å². The summed E-state index contributed by atoms with van der Waals surface area (Å²) in [5.74, 6) is 1.06. The van der Waals surface area contributed by atoms with Gasteiger partial charge in [-0.2, -0.15) is 4.98 Å². The molecule has 0 aliphatic heterocycles. The molecular formula is C12H10N4O2S. The number of phenols is 1. The van der Waals surface area contributed by atoms with Gasteiger partial charge in [-0.15, -0.1) is 11.3 Å². The number of aromatic nitrogens is 3. The second-order valence-corrected chi connectivity index (χ2v) is 4.81. The van der Waals surface area contributed by atoms with Crippen molar-refractivity contribution in [3.63, 3.8) is 0 Å². The highest BCUT2D eigenvalue weighted by atomic mass is 32.1. The number of anilines is 1.